The van der Waals surface area contributed by atoms with Crippen LogP contribution in [0.1, 0.15) is 40.6 Å². The fraction of sp³-hybridized carbons (Fsp3) is 0.292. The summed E-state index contributed by atoms with van der Waals surface area (Å²) in [6, 6.07) is 16.5. The minimum atomic E-state index is -0.268. The lowest BCUT2D eigenvalue weighted by Crippen LogP contribution is -2.38. The highest BCUT2D eigenvalue weighted by Crippen LogP contribution is 2.20. The maximum atomic E-state index is 12.9. The topological polar surface area (TPSA) is 76.5 Å². The Morgan fingerprint density at radius 1 is 1.16 bits per heavy atom. The summed E-state index contributed by atoms with van der Waals surface area (Å²) in [5.74, 6) is 1.45. The first kappa shape index (κ1) is 20.7. The van der Waals surface area contributed by atoms with Crippen LogP contribution in [-0.2, 0) is 18.4 Å². The van der Waals surface area contributed by atoms with E-state index in [9.17, 15) is 9.59 Å². The number of amides is 2. The van der Waals surface area contributed by atoms with Gasteiger partial charge in [-0.25, -0.2) is 4.98 Å². The summed E-state index contributed by atoms with van der Waals surface area (Å²) in [6.45, 7) is 1.56. The Hall–Kier alpha value is -3.61. The van der Waals surface area contributed by atoms with Crippen LogP contribution < -0.4 is 10.1 Å². The Morgan fingerprint density at radius 2 is 1.94 bits per heavy atom. The highest BCUT2D eigenvalue weighted by molar-refractivity contribution is 5.94. The Bertz CT molecular complexity index is 1030. The molecule has 0 radical (unpaired) electrons. The fourth-order valence-corrected chi connectivity index (χ4v) is 3.66. The van der Waals surface area contributed by atoms with Crippen molar-refractivity contribution in [3.63, 3.8) is 0 Å². The molecule has 1 unspecified atom stereocenters. The lowest BCUT2D eigenvalue weighted by Gasteiger charge is -2.25. The van der Waals surface area contributed by atoms with Crippen LogP contribution in [-0.4, -0.2) is 39.4 Å². The summed E-state index contributed by atoms with van der Waals surface area (Å²) in [6.07, 6.45) is 5.04. The predicted molar refractivity (Wildman–Crippen MR) is 116 cm³/mol. The normalized spacial score (nSPS) is 14.5. The molecule has 2 aromatic carbocycles. The average Bonchev–Trinajstić information content (AvgIpc) is 3.40. The zero-order valence-corrected chi connectivity index (χ0v) is 17.5. The molecule has 1 aliphatic heterocycles. The summed E-state index contributed by atoms with van der Waals surface area (Å²) in [5.41, 5.74) is 1.52. The molecular formula is C24H26N4O3. The first-order valence-electron chi connectivity index (χ1n) is 10.4. The zero-order chi connectivity index (χ0) is 21.6. The van der Waals surface area contributed by atoms with Crippen molar-refractivity contribution in [2.24, 2.45) is 7.05 Å². The number of carbonyl (C=O) groups excluding carboxylic acids is 2. The van der Waals surface area contributed by atoms with Crippen LogP contribution >= 0.6 is 0 Å². The van der Waals surface area contributed by atoms with Gasteiger partial charge in [0, 0.05) is 44.5 Å². The number of likely N-dealkylation sites (tertiary alicyclic amines) is 1. The number of aryl methyl sites for hydroxylation is 1. The number of ether oxygens (including phenoxy) is 1. The van der Waals surface area contributed by atoms with Gasteiger partial charge in [-0.15, -0.1) is 0 Å². The number of aromatic nitrogens is 2. The van der Waals surface area contributed by atoms with Crippen molar-refractivity contribution < 1.29 is 14.3 Å². The van der Waals surface area contributed by atoms with Gasteiger partial charge >= 0.3 is 0 Å². The van der Waals surface area contributed by atoms with E-state index in [0.29, 0.717) is 30.9 Å². The molecule has 1 N–H and O–H groups in total. The molecule has 2 amide bonds. The van der Waals surface area contributed by atoms with Gasteiger partial charge in [0.1, 0.15) is 18.2 Å². The maximum Gasteiger partial charge on any atom is 0.251 e. The zero-order valence-electron chi connectivity index (χ0n) is 17.5. The third kappa shape index (κ3) is 5.12. The number of hydrogen-bond donors (Lipinski definition) is 1. The molecule has 1 atom stereocenters. The van der Waals surface area contributed by atoms with Crippen LogP contribution in [0.25, 0.3) is 0 Å². The summed E-state index contributed by atoms with van der Waals surface area (Å²) >= 11 is 0. The summed E-state index contributed by atoms with van der Waals surface area (Å²) in [7, 11) is 1.91. The highest BCUT2D eigenvalue weighted by Gasteiger charge is 2.25. The molecule has 7 nitrogen and oxygen atoms in total. The number of benzene rings is 2. The first-order chi connectivity index (χ1) is 15.1. The molecule has 1 aromatic heterocycles. The standard InChI is InChI=1S/C24H26N4O3/c1-27-15-13-25-22(27)17-31-20-11-9-19(10-12-20)24(30)26-21(18-6-3-2-4-7-18)16-28-14-5-8-23(28)29/h2-4,6-7,9-13,15,21H,5,8,14,16-17H2,1H3,(H,26,30). The van der Waals surface area contributed by atoms with Crippen LogP contribution in [0.15, 0.2) is 67.0 Å². The van der Waals surface area contributed by atoms with E-state index in [1.807, 2.05) is 53.0 Å². The van der Waals surface area contributed by atoms with Crippen LogP contribution in [0.4, 0.5) is 0 Å². The molecule has 1 saturated heterocycles. The molecule has 0 aliphatic carbocycles. The number of nitrogens with one attached hydrogen (secondary N) is 1. The molecule has 3 aromatic rings. The van der Waals surface area contributed by atoms with E-state index in [-0.39, 0.29) is 17.9 Å². The number of rotatable bonds is 8. The monoisotopic (exact) mass is 418 g/mol. The van der Waals surface area contributed by atoms with E-state index in [1.165, 1.54) is 0 Å². The van der Waals surface area contributed by atoms with Crippen LogP contribution in [0.5, 0.6) is 5.75 Å². The third-order valence-electron chi connectivity index (χ3n) is 5.49. The Balaban J connectivity index is 1.41. The van der Waals surface area contributed by atoms with Crippen LogP contribution in [0.3, 0.4) is 0 Å². The fourth-order valence-electron chi connectivity index (χ4n) is 3.66. The third-order valence-corrected chi connectivity index (χ3v) is 5.49. The maximum absolute atomic E-state index is 12.9. The number of hydrogen-bond acceptors (Lipinski definition) is 4. The van der Waals surface area contributed by atoms with E-state index in [0.717, 1.165) is 24.4 Å². The second kappa shape index (κ2) is 9.47. The molecule has 2 heterocycles. The van der Waals surface area contributed by atoms with E-state index in [4.69, 9.17) is 4.74 Å². The van der Waals surface area contributed by atoms with Crippen molar-refractivity contribution in [1.82, 2.24) is 19.8 Å². The van der Waals surface area contributed by atoms with Gasteiger partial charge in [0.05, 0.1) is 6.04 Å². The van der Waals surface area contributed by atoms with Gasteiger partial charge in [0.2, 0.25) is 5.91 Å². The predicted octanol–water partition coefficient (Wildman–Crippen LogP) is 3.09. The summed E-state index contributed by atoms with van der Waals surface area (Å²) in [5, 5.41) is 3.09. The van der Waals surface area contributed by atoms with Crippen molar-refractivity contribution in [2.45, 2.75) is 25.5 Å². The largest absolute Gasteiger partial charge is 0.486 e. The molecular weight excluding hydrogens is 392 g/mol. The quantitative estimate of drug-likeness (QED) is 0.610. The van der Waals surface area contributed by atoms with Gasteiger partial charge in [-0.05, 0) is 36.2 Å². The molecule has 0 spiro atoms. The Labute approximate surface area is 181 Å². The van der Waals surface area contributed by atoms with E-state index < -0.39 is 0 Å². The SMILES string of the molecule is Cn1ccnc1COc1ccc(C(=O)NC(CN2CCCC2=O)c2ccccc2)cc1. The van der Waals surface area contributed by atoms with E-state index in [2.05, 4.69) is 10.3 Å². The molecule has 7 heteroatoms. The lowest BCUT2D eigenvalue weighted by molar-refractivity contribution is -0.128. The van der Waals surface area contributed by atoms with E-state index in [1.54, 1.807) is 30.5 Å². The van der Waals surface area contributed by atoms with Gasteiger partial charge in [-0.3, -0.25) is 9.59 Å². The van der Waals surface area contributed by atoms with Crippen molar-refractivity contribution in [1.29, 1.82) is 0 Å². The summed E-state index contributed by atoms with van der Waals surface area (Å²) in [4.78, 5) is 31.1. The minimum Gasteiger partial charge on any atom is -0.486 e. The number of carbonyl (C=O) groups is 2. The lowest BCUT2D eigenvalue weighted by atomic mass is 10.1. The number of nitrogens with zero attached hydrogens (tertiary/aromatic N) is 3. The van der Waals surface area contributed by atoms with Gasteiger partial charge in [0.25, 0.3) is 5.91 Å². The summed E-state index contributed by atoms with van der Waals surface area (Å²) < 4.78 is 7.66. The molecule has 0 bridgehead atoms. The second-order valence-corrected chi connectivity index (χ2v) is 7.65. The Morgan fingerprint density at radius 3 is 2.58 bits per heavy atom. The molecule has 1 fully saturated rings. The molecule has 4 rings (SSSR count). The van der Waals surface area contributed by atoms with Gasteiger partial charge in [-0.2, -0.15) is 0 Å². The van der Waals surface area contributed by atoms with Gasteiger partial charge in [-0.1, -0.05) is 30.3 Å². The van der Waals surface area contributed by atoms with Crippen LogP contribution in [0, 0.1) is 0 Å². The number of imidazole rings is 1. The second-order valence-electron chi connectivity index (χ2n) is 7.65. The molecule has 31 heavy (non-hydrogen) atoms. The molecule has 160 valence electrons. The van der Waals surface area contributed by atoms with Crippen LogP contribution in [0.2, 0.25) is 0 Å². The van der Waals surface area contributed by atoms with E-state index >= 15 is 0 Å². The van der Waals surface area contributed by atoms with Gasteiger partial charge < -0.3 is 19.5 Å². The highest BCUT2D eigenvalue weighted by atomic mass is 16.5. The van der Waals surface area contributed by atoms with Crippen molar-refractivity contribution >= 4 is 11.8 Å². The molecule has 1 aliphatic rings. The van der Waals surface area contributed by atoms with Crippen molar-refractivity contribution in [3.8, 4) is 5.75 Å². The van der Waals surface area contributed by atoms with Crippen molar-refractivity contribution in [2.75, 3.05) is 13.1 Å². The minimum absolute atomic E-state index is 0.143. The van der Waals surface area contributed by atoms with Gasteiger partial charge in [0.15, 0.2) is 0 Å². The van der Waals surface area contributed by atoms with Crippen molar-refractivity contribution in [3.05, 3.63) is 83.9 Å². The molecule has 0 saturated carbocycles. The Kier molecular flexibility index (Phi) is 6.31. The average molecular weight is 418 g/mol. The smallest absolute Gasteiger partial charge is 0.251 e. The first-order valence-corrected chi connectivity index (χ1v) is 10.4.